The first-order valence-electron chi connectivity index (χ1n) is 13.0. The number of anilines is 1. The van der Waals surface area contributed by atoms with Crippen LogP contribution in [0.4, 0.5) is 5.95 Å². The Labute approximate surface area is 249 Å². The minimum Gasteiger partial charge on any atom is -0.478 e. The van der Waals surface area contributed by atoms with E-state index in [-0.39, 0.29) is 25.9 Å². The monoisotopic (exact) mass is 627 g/mol. The molecular formula is C26H38N5O11P. The summed E-state index contributed by atoms with van der Waals surface area (Å²) in [6.07, 6.45) is 6.12. The summed E-state index contributed by atoms with van der Waals surface area (Å²) >= 11 is 0. The smallest absolute Gasteiger partial charge is 0.328 e. The van der Waals surface area contributed by atoms with Crippen LogP contribution in [0.3, 0.4) is 0 Å². The summed E-state index contributed by atoms with van der Waals surface area (Å²) < 4.78 is 29.7. The predicted molar refractivity (Wildman–Crippen MR) is 152 cm³/mol. The van der Waals surface area contributed by atoms with Crippen molar-refractivity contribution >= 4 is 49.4 Å². The SMILES string of the molecule is CC(C)(C)C(=O)OCOP(COC1(Cn2cnc3cnc(N)nc32)CC1)OCOC(=O)C(C)(C)C.O=C(O)/C=C\C(=O)O. The van der Waals surface area contributed by atoms with Gasteiger partial charge in [0.1, 0.15) is 11.9 Å². The maximum absolute atomic E-state index is 12.0. The number of aliphatic carboxylic acids is 2. The topological polar surface area (TPSA) is 225 Å². The average Bonchev–Trinajstić information content (AvgIpc) is 3.56. The molecule has 4 N–H and O–H groups in total. The lowest BCUT2D eigenvalue weighted by Crippen LogP contribution is -2.25. The zero-order valence-corrected chi connectivity index (χ0v) is 25.8. The molecule has 16 nitrogen and oxygen atoms in total. The lowest BCUT2D eigenvalue weighted by molar-refractivity contribution is -0.161. The van der Waals surface area contributed by atoms with Crippen molar-refractivity contribution in [3.8, 4) is 0 Å². The average molecular weight is 628 g/mol. The Morgan fingerprint density at radius 1 is 0.953 bits per heavy atom. The normalized spacial score (nSPS) is 14.3. The van der Waals surface area contributed by atoms with Gasteiger partial charge in [-0.2, -0.15) is 4.98 Å². The van der Waals surface area contributed by atoms with Crippen molar-refractivity contribution in [3.05, 3.63) is 24.7 Å². The summed E-state index contributed by atoms with van der Waals surface area (Å²) in [5, 5.41) is 15.6. The minimum atomic E-state index is -1.67. The summed E-state index contributed by atoms with van der Waals surface area (Å²) in [5.41, 5.74) is 5.23. The third-order valence-electron chi connectivity index (χ3n) is 5.49. The molecule has 1 fully saturated rings. The number of carboxylic acid groups (broad SMARTS) is 2. The van der Waals surface area contributed by atoms with E-state index in [2.05, 4.69) is 15.0 Å². The van der Waals surface area contributed by atoms with E-state index in [9.17, 15) is 19.2 Å². The van der Waals surface area contributed by atoms with Crippen molar-refractivity contribution in [2.45, 2.75) is 66.5 Å². The van der Waals surface area contributed by atoms with E-state index in [1.165, 1.54) is 0 Å². The number of aromatic nitrogens is 4. The van der Waals surface area contributed by atoms with Crippen LogP contribution in [0.1, 0.15) is 54.4 Å². The second-order valence-electron chi connectivity index (χ2n) is 11.5. The van der Waals surface area contributed by atoms with E-state index in [0.717, 1.165) is 12.8 Å². The standard InChI is InChI=1S/C22H34N5O7P.C4H4O4/c1-20(2,3)17(28)30-12-33-35(34-13-31-18(29)21(4,5)6)14-32-22(7-8-22)10-27-11-25-15-9-24-19(23)26-16(15)27;5-3(6)1-2-4(7)8/h9,11H,7-8,10,12-14H2,1-6H3,(H2,23,24,26);1-2H,(H,5,6)(H,7,8)/b;2-1-. The second-order valence-corrected chi connectivity index (χ2v) is 12.9. The molecule has 2 aromatic heterocycles. The van der Waals surface area contributed by atoms with Crippen molar-refractivity contribution in [1.82, 2.24) is 19.5 Å². The molecule has 2 heterocycles. The van der Waals surface area contributed by atoms with Crippen molar-refractivity contribution in [3.63, 3.8) is 0 Å². The van der Waals surface area contributed by atoms with Gasteiger partial charge in [0.05, 0.1) is 35.5 Å². The van der Waals surface area contributed by atoms with Crippen LogP contribution in [0.25, 0.3) is 11.2 Å². The quantitative estimate of drug-likeness (QED) is 0.126. The van der Waals surface area contributed by atoms with Gasteiger partial charge in [-0.25, -0.2) is 19.6 Å². The van der Waals surface area contributed by atoms with E-state index in [4.69, 9.17) is 39.2 Å². The zero-order chi connectivity index (χ0) is 32.4. The molecule has 43 heavy (non-hydrogen) atoms. The lowest BCUT2D eigenvalue weighted by atomic mass is 9.98. The summed E-state index contributed by atoms with van der Waals surface area (Å²) in [7, 11) is -1.67. The molecule has 0 aromatic carbocycles. The zero-order valence-electron chi connectivity index (χ0n) is 24.9. The molecule has 0 atom stereocenters. The van der Waals surface area contributed by atoms with Gasteiger partial charge in [0.25, 0.3) is 0 Å². The molecule has 0 spiro atoms. The Morgan fingerprint density at radius 3 is 1.91 bits per heavy atom. The fourth-order valence-corrected chi connectivity index (χ4v) is 3.88. The molecule has 0 bridgehead atoms. The summed E-state index contributed by atoms with van der Waals surface area (Å²) in [6.45, 7) is 10.4. The second kappa shape index (κ2) is 15.1. The first-order chi connectivity index (χ1) is 19.9. The largest absolute Gasteiger partial charge is 0.478 e. The molecule has 0 saturated heterocycles. The highest BCUT2D eigenvalue weighted by Gasteiger charge is 2.45. The lowest BCUT2D eigenvalue weighted by Gasteiger charge is -2.23. The van der Waals surface area contributed by atoms with E-state index in [1.807, 2.05) is 4.57 Å². The van der Waals surface area contributed by atoms with Gasteiger partial charge in [-0.1, -0.05) is 0 Å². The third-order valence-corrected chi connectivity index (χ3v) is 6.61. The summed E-state index contributed by atoms with van der Waals surface area (Å²) in [4.78, 5) is 55.7. The molecule has 1 saturated carbocycles. The van der Waals surface area contributed by atoms with Crippen LogP contribution in [-0.2, 0) is 49.0 Å². The number of fused-ring (bicyclic) bond motifs is 1. The van der Waals surface area contributed by atoms with E-state index >= 15 is 0 Å². The van der Waals surface area contributed by atoms with Crippen molar-refractivity contribution in [1.29, 1.82) is 0 Å². The number of hydrogen-bond acceptors (Lipinski definition) is 13. The number of esters is 2. The Morgan fingerprint density at radius 2 is 1.47 bits per heavy atom. The van der Waals surface area contributed by atoms with Gasteiger partial charge in [-0.15, -0.1) is 0 Å². The third kappa shape index (κ3) is 12.6. The van der Waals surface area contributed by atoms with E-state index < -0.39 is 48.7 Å². The number of carbonyl (C=O) groups excluding carboxylic acids is 2. The molecular weight excluding hydrogens is 589 g/mol. The maximum Gasteiger partial charge on any atom is 0.328 e. The molecule has 0 unspecified atom stereocenters. The Hall–Kier alpha value is -3.72. The van der Waals surface area contributed by atoms with Crippen LogP contribution in [0.2, 0.25) is 0 Å². The van der Waals surface area contributed by atoms with Gasteiger partial charge in [0.15, 0.2) is 19.2 Å². The van der Waals surface area contributed by atoms with Gasteiger partial charge >= 0.3 is 23.9 Å². The van der Waals surface area contributed by atoms with E-state index in [0.29, 0.717) is 29.9 Å². The predicted octanol–water partition coefficient (Wildman–Crippen LogP) is 3.07. The Bertz CT molecular complexity index is 1260. The van der Waals surface area contributed by atoms with Gasteiger partial charge in [-0.05, 0) is 54.4 Å². The van der Waals surface area contributed by atoms with Crippen LogP contribution in [0.15, 0.2) is 24.7 Å². The van der Waals surface area contributed by atoms with Crippen LogP contribution in [-0.4, -0.2) is 79.1 Å². The van der Waals surface area contributed by atoms with Gasteiger partial charge < -0.3 is 34.7 Å². The molecule has 1 aliphatic rings. The van der Waals surface area contributed by atoms with E-state index in [1.54, 1.807) is 54.1 Å². The highest BCUT2D eigenvalue weighted by Crippen LogP contribution is 2.47. The highest BCUT2D eigenvalue weighted by molar-refractivity contribution is 7.47. The first kappa shape index (κ1) is 35.5. The number of carbonyl (C=O) groups is 4. The molecule has 2 aromatic rings. The molecule has 3 rings (SSSR count). The van der Waals surface area contributed by atoms with Crippen molar-refractivity contribution < 1.29 is 52.6 Å². The number of nitrogen functional groups attached to an aromatic ring is 1. The number of ether oxygens (including phenoxy) is 3. The fourth-order valence-electron chi connectivity index (χ4n) is 2.94. The van der Waals surface area contributed by atoms with Gasteiger partial charge in [0, 0.05) is 12.2 Å². The fraction of sp³-hybridized carbons (Fsp3) is 0.577. The molecule has 0 aliphatic heterocycles. The van der Waals surface area contributed by atoms with Crippen LogP contribution >= 0.6 is 8.38 Å². The Kier molecular flexibility index (Phi) is 12.5. The molecule has 0 radical (unpaired) electrons. The number of hydrogen-bond donors (Lipinski definition) is 3. The molecule has 17 heteroatoms. The Balaban J connectivity index is 0.000000708. The van der Waals surface area contributed by atoms with Crippen LogP contribution in [0.5, 0.6) is 0 Å². The minimum absolute atomic E-state index is 0.0965. The number of nitrogens with zero attached hydrogens (tertiary/aromatic N) is 4. The molecule has 0 amide bonds. The van der Waals surface area contributed by atoms with Crippen molar-refractivity contribution in [2.75, 3.05) is 25.7 Å². The van der Waals surface area contributed by atoms with Crippen LogP contribution < -0.4 is 5.73 Å². The molecule has 1 aliphatic carbocycles. The van der Waals surface area contributed by atoms with Crippen LogP contribution in [0, 0.1) is 10.8 Å². The molecule has 238 valence electrons. The number of rotatable bonds is 13. The maximum atomic E-state index is 12.0. The van der Waals surface area contributed by atoms with Gasteiger partial charge in [0.2, 0.25) is 14.3 Å². The first-order valence-corrected chi connectivity index (χ1v) is 14.4. The highest BCUT2D eigenvalue weighted by atomic mass is 31.2. The number of imidazole rings is 1. The van der Waals surface area contributed by atoms with Crippen molar-refractivity contribution in [2.24, 2.45) is 10.8 Å². The number of carboxylic acids is 2. The summed E-state index contributed by atoms with van der Waals surface area (Å²) in [5.74, 6) is -3.15. The summed E-state index contributed by atoms with van der Waals surface area (Å²) in [6, 6.07) is 0. The number of nitrogens with two attached hydrogens (primary N) is 1. The van der Waals surface area contributed by atoms with Gasteiger partial charge in [-0.3, -0.25) is 18.6 Å².